The van der Waals surface area contributed by atoms with Crippen molar-refractivity contribution in [2.45, 2.75) is 17.5 Å². The van der Waals surface area contributed by atoms with Crippen molar-refractivity contribution in [3.63, 3.8) is 0 Å². The predicted octanol–water partition coefficient (Wildman–Crippen LogP) is 5.98. The fourth-order valence-electron chi connectivity index (χ4n) is 2.28. The second-order valence-corrected chi connectivity index (χ2v) is 7.50. The lowest BCUT2D eigenvalue weighted by Gasteiger charge is -2.08. The fourth-order valence-corrected chi connectivity index (χ4v) is 3.81. The lowest BCUT2D eigenvalue weighted by molar-refractivity contribution is 0.627. The summed E-state index contributed by atoms with van der Waals surface area (Å²) in [4.78, 5) is 0. The maximum absolute atomic E-state index is 13.2. The molecule has 0 bridgehead atoms. The van der Waals surface area contributed by atoms with Crippen molar-refractivity contribution >= 4 is 39.3 Å². The van der Waals surface area contributed by atoms with Crippen LogP contribution in [0.1, 0.15) is 5.56 Å². The molecule has 3 rings (SSSR count). The van der Waals surface area contributed by atoms with Gasteiger partial charge in [0.2, 0.25) is 0 Å². The molecular weight excluding hydrogens is 425 g/mol. The zero-order valence-electron chi connectivity index (χ0n) is 13.1. The van der Waals surface area contributed by atoms with Gasteiger partial charge >= 0.3 is 0 Å². The van der Waals surface area contributed by atoms with Crippen LogP contribution in [0.4, 0.5) is 4.39 Å². The number of halogens is 3. The van der Waals surface area contributed by atoms with Gasteiger partial charge in [0.1, 0.15) is 5.82 Å². The van der Waals surface area contributed by atoms with Crippen molar-refractivity contribution in [3.8, 4) is 11.4 Å². The van der Waals surface area contributed by atoms with Gasteiger partial charge in [-0.15, -0.1) is 16.8 Å². The Balaban J connectivity index is 1.86. The Morgan fingerprint density at radius 3 is 2.64 bits per heavy atom. The molecule has 0 spiro atoms. The standard InChI is InChI=1S/C18H14BrClFN3S/c1-2-9-24-17(12-3-6-14(19)7-4-12)22-23-18(24)25-11-13-5-8-15(21)10-16(13)20/h2-8,10H,1,9,11H2. The molecule has 0 saturated carbocycles. The topological polar surface area (TPSA) is 30.7 Å². The third kappa shape index (κ3) is 4.32. The summed E-state index contributed by atoms with van der Waals surface area (Å²) in [5, 5.41) is 9.79. The first-order valence-corrected chi connectivity index (χ1v) is 9.61. The molecule has 0 aliphatic carbocycles. The average Bonchev–Trinajstić information content (AvgIpc) is 2.98. The molecule has 0 atom stereocenters. The summed E-state index contributed by atoms with van der Waals surface area (Å²) in [7, 11) is 0. The van der Waals surface area contributed by atoms with Crippen LogP contribution in [0.3, 0.4) is 0 Å². The maximum atomic E-state index is 13.2. The lowest BCUT2D eigenvalue weighted by atomic mass is 10.2. The summed E-state index contributed by atoms with van der Waals surface area (Å²) in [5.41, 5.74) is 1.83. The summed E-state index contributed by atoms with van der Waals surface area (Å²) in [6, 6.07) is 12.3. The second-order valence-electron chi connectivity index (χ2n) is 5.24. The van der Waals surface area contributed by atoms with E-state index in [0.29, 0.717) is 17.3 Å². The minimum atomic E-state index is -0.342. The Hall–Kier alpha value is -1.63. The van der Waals surface area contributed by atoms with E-state index in [9.17, 15) is 4.39 Å². The van der Waals surface area contributed by atoms with Crippen molar-refractivity contribution in [1.29, 1.82) is 0 Å². The van der Waals surface area contributed by atoms with Gasteiger partial charge in [0.25, 0.3) is 0 Å². The van der Waals surface area contributed by atoms with E-state index in [-0.39, 0.29) is 5.82 Å². The SMILES string of the molecule is C=CCn1c(SCc2ccc(F)cc2Cl)nnc1-c1ccc(Br)cc1. The van der Waals surface area contributed by atoms with Gasteiger partial charge in [0, 0.05) is 27.4 Å². The first-order chi connectivity index (χ1) is 12.1. The highest BCUT2D eigenvalue weighted by Gasteiger charge is 2.14. The van der Waals surface area contributed by atoms with Crippen molar-refractivity contribution < 1.29 is 4.39 Å². The Morgan fingerprint density at radius 2 is 1.96 bits per heavy atom. The van der Waals surface area contributed by atoms with Crippen LogP contribution < -0.4 is 0 Å². The molecule has 25 heavy (non-hydrogen) atoms. The lowest BCUT2D eigenvalue weighted by Crippen LogP contribution is -2.00. The predicted molar refractivity (Wildman–Crippen MR) is 104 cm³/mol. The van der Waals surface area contributed by atoms with Crippen LogP contribution in [0.2, 0.25) is 5.02 Å². The van der Waals surface area contributed by atoms with E-state index in [1.54, 1.807) is 12.1 Å². The van der Waals surface area contributed by atoms with Crippen LogP contribution in [-0.4, -0.2) is 14.8 Å². The van der Waals surface area contributed by atoms with Gasteiger partial charge in [-0.05, 0) is 29.8 Å². The number of hydrogen-bond donors (Lipinski definition) is 0. The normalized spacial score (nSPS) is 10.8. The number of rotatable bonds is 6. The van der Waals surface area contributed by atoms with Gasteiger partial charge in [-0.1, -0.05) is 63.6 Å². The monoisotopic (exact) mass is 437 g/mol. The fraction of sp³-hybridized carbons (Fsp3) is 0.111. The summed E-state index contributed by atoms with van der Waals surface area (Å²) in [6.45, 7) is 4.41. The third-order valence-corrected chi connectivity index (χ3v) is 5.40. The molecule has 7 heteroatoms. The van der Waals surface area contributed by atoms with Gasteiger partial charge in [-0.25, -0.2) is 4.39 Å². The molecule has 2 aromatic carbocycles. The molecule has 3 nitrogen and oxygen atoms in total. The minimum Gasteiger partial charge on any atom is -0.298 e. The highest BCUT2D eigenvalue weighted by molar-refractivity contribution is 9.10. The largest absolute Gasteiger partial charge is 0.298 e. The second kappa shape index (κ2) is 8.17. The van der Waals surface area contributed by atoms with Crippen LogP contribution in [-0.2, 0) is 12.3 Å². The number of hydrogen-bond acceptors (Lipinski definition) is 3. The highest BCUT2D eigenvalue weighted by Crippen LogP contribution is 2.29. The molecule has 0 fully saturated rings. The van der Waals surface area contributed by atoms with Crippen molar-refractivity contribution in [1.82, 2.24) is 14.8 Å². The van der Waals surface area contributed by atoms with E-state index >= 15 is 0 Å². The Morgan fingerprint density at radius 1 is 1.20 bits per heavy atom. The van der Waals surface area contributed by atoms with Gasteiger partial charge in [-0.2, -0.15) is 0 Å². The van der Waals surface area contributed by atoms with Crippen LogP contribution >= 0.6 is 39.3 Å². The van der Waals surface area contributed by atoms with Crippen LogP contribution in [0, 0.1) is 5.82 Å². The summed E-state index contributed by atoms with van der Waals surface area (Å²) < 4.78 is 16.2. The van der Waals surface area contributed by atoms with Crippen LogP contribution in [0.15, 0.2) is 64.7 Å². The van der Waals surface area contributed by atoms with E-state index < -0.39 is 0 Å². The number of thioether (sulfide) groups is 1. The molecule has 0 aliphatic heterocycles. The van der Waals surface area contributed by atoms with Gasteiger partial charge in [0.15, 0.2) is 11.0 Å². The number of nitrogens with zero attached hydrogens (tertiary/aromatic N) is 3. The molecule has 0 saturated heterocycles. The Labute approximate surface area is 163 Å². The molecular formula is C18H14BrClFN3S. The molecule has 0 aliphatic rings. The quantitative estimate of drug-likeness (QED) is 0.350. The molecule has 0 unspecified atom stereocenters. The van der Waals surface area contributed by atoms with E-state index in [0.717, 1.165) is 26.6 Å². The van der Waals surface area contributed by atoms with Gasteiger partial charge in [-0.3, -0.25) is 4.57 Å². The Bertz CT molecular complexity index is 896. The van der Waals surface area contributed by atoms with Crippen molar-refractivity contribution in [2.75, 3.05) is 0 Å². The molecule has 128 valence electrons. The highest BCUT2D eigenvalue weighted by atomic mass is 79.9. The van der Waals surface area contributed by atoms with Gasteiger partial charge in [0.05, 0.1) is 0 Å². The smallest absolute Gasteiger partial charge is 0.192 e. The molecule has 1 heterocycles. The summed E-state index contributed by atoms with van der Waals surface area (Å²) in [6.07, 6.45) is 1.81. The molecule has 0 amide bonds. The van der Waals surface area contributed by atoms with Crippen LogP contribution in [0.5, 0.6) is 0 Å². The van der Waals surface area contributed by atoms with Crippen molar-refractivity contribution in [2.24, 2.45) is 0 Å². The van der Waals surface area contributed by atoms with Gasteiger partial charge < -0.3 is 0 Å². The number of benzene rings is 2. The Kier molecular flexibility index (Phi) is 5.93. The van der Waals surface area contributed by atoms with E-state index in [2.05, 4.69) is 32.7 Å². The number of aromatic nitrogens is 3. The first kappa shape index (κ1) is 18.2. The zero-order chi connectivity index (χ0) is 17.8. The molecule has 1 aromatic heterocycles. The minimum absolute atomic E-state index is 0.342. The third-order valence-electron chi connectivity index (χ3n) is 3.50. The molecule has 0 N–H and O–H groups in total. The van der Waals surface area contributed by atoms with E-state index in [4.69, 9.17) is 11.6 Å². The molecule has 3 aromatic rings. The summed E-state index contributed by atoms with van der Waals surface area (Å²) in [5.74, 6) is 1.01. The van der Waals surface area contributed by atoms with Crippen molar-refractivity contribution in [3.05, 3.63) is 76.0 Å². The van der Waals surface area contributed by atoms with E-state index in [1.807, 2.05) is 28.8 Å². The van der Waals surface area contributed by atoms with E-state index in [1.165, 1.54) is 23.9 Å². The average molecular weight is 439 g/mol. The zero-order valence-corrected chi connectivity index (χ0v) is 16.3. The maximum Gasteiger partial charge on any atom is 0.192 e. The summed E-state index contributed by atoms with van der Waals surface area (Å²) >= 11 is 11.0. The number of allylic oxidation sites excluding steroid dienone is 1. The van der Waals surface area contributed by atoms with Crippen LogP contribution in [0.25, 0.3) is 11.4 Å². The molecule has 0 radical (unpaired) electrons. The first-order valence-electron chi connectivity index (χ1n) is 7.45.